The second-order valence-corrected chi connectivity index (χ2v) is 9.57. The predicted molar refractivity (Wildman–Crippen MR) is 121 cm³/mol. The van der Waals surface area contributed by atoms with Crippen LogP contribution >= 0.6 is 0 Å². The molecule has 2 bridgehead atoms. The number of aryl methyl sites for hydroxylation is 1. The summed E-state index contributed by atoms with van der Waals surface area (Å²) in [6.07, 6.45) is 4.19. The van der Waals surface area contributed by atoms with Gasteiger partial charge in [0.1, 0.15) is 11.9 Å². The number of nitrogens with one attached hydrogen (secondary N) is 2. The summed E-state index contributed by atoms with van der Waals surface area (Å²) in [4.78, 5) is 12.6. The molecule has 1 aromatic carbocycles. The van der Waals surface area contributed by atoms with E-state index >= 15 is 0 Å². The van der Waals surface area contributed by atoms with Crippen LogP contribution in [-0.2, 0) is 24.2 Å². The molecule has 0 spiro atoms. The summed E-state index contributed by atoms with van der Waals surface area (Å²) in [6.45, 7) is 7.20. The molecule has 1 saturated heterocycles. The number of carbonyl (C=O) groups excluding carboxylic acids is 1. The number of aromatic nitrogens is 2. The van der Waals surface area contributed by atoms with Crippen LogP contribution in [0.2, 0.25) is 0 Å². The normalized spacial score (nSPS) is 22.8. The maximum atomic E-state index is 14.9. The number of fused-ring (bicyclic) bond motifs is 2. The number of hydrogen-bond acceptors (Lipinski definition) is 4. The molecule has 4 rings (SSSR count). The number of benzene rings is 1. The quantitative estimate of drug-likeness (QED) is 0.661. The zero-order valence-electron chi connectivity index (χ0n) is 19.1. The molecule has 1 saturated carbocycles. The highest BCUT2D eigenvalue weighted by molar-refractivity contribution is 5.83. The van der Waals surface area contributed by atoms with Crippen molar-refractivity contribution in [2.24, 2.45) is 11.8 Å². The molecule has 2 heterocycles. The molecule has 170 valence electrons. The summed E-state index contributed by atoms with van der Waals surface area (Å²) in [6, 6.07) is 8.57. The van der Waals surface area contributed by atoms with Crippen LogP contribution in [0, 0.1) is 29.0 Å². The molecule has 7 heteroatoms. The summed E-state index contributed by atoms with van der Waals surface area (Å²) >= 11 is 0. The van der Waals surface area contributed by atoms with Crippen LogP contribution < -0.4 is 10.6 Å². The highest BCUT2D eigenvalue weighted by Crippen LogP contribution is 2.35. The first kappa shape index (κ1) is 22.5. The molecule has 1 aromatic heterocycles. The van der Waals surface area contributed by atoms with Crippen LogP contribution in [0.25, 0.3) is 11.3 Å². The fourth-order valence-electron chi connectivity index (χ4n) is 5.02. The average Bonchev–Trinajstić information content (AvgIpc) is 3.49. The average molecular weight is 438 g/mol. The number of halogens is 1. The number of nitrogens with zero attached hydrogens (tertiary/aromatic N) is 3. The summed E-state index contributed by atoms with van der Waals surface area (Å²) in [5.74, 6) is 0.286. The number of piperidine rings is 1. The molecule has 3 unspecified atom stereocenters. The molecule has 1 amide bonds. The molecular weight excluding hydrogens is 405 g/mol. The minimum Gasteiger partial charge on any atom is -0.339 e. The Hall–Kier alpha value is -2.72. The Morgan fingerprint density at radius 2 is 2.19 bits per heavy atom. The van der Waals surface area contributed by atoms with Crippen molar-refractivity contribution in [2.75, 3.05) is 0 Å². The molecule has 2 fully saturated rings. The van der Waals surface area contributed by atoms with E-state index in [4.69, 9.17) is 0 Å². The molecule has 4 atom stereocenters. The minimum absolute atomic E-state index is 0.136. The van der Waals surface area contributed by atoms with Crippen molar-refractivity contribution in [2.45, 2.75) is 77.5 Å². The van der Waals surface area contributed by atoms with Gasteiger partial charge in [0.25, 0.3) is 0 Å². The Morgan fingerprint density at radius 1 is 1.38 bits per heavy atom. The second-order valence-electron chi connectivity index (χ2n) is 9.57. The van der Waals surface area contributed by atoms with Crippen LogP contribution in [0.5, 0.6) is 0 Å². The zero-order chi connectivity index (χ0) is 22.8. The van der Waals surface area contributed by atoms with E-state index in [1.165, 1.54) is 6.07 Å². The Kier molecular flexibility index (Phi) is 6.61. The lowest BCUT2D eigenvalue weighted by Gasteiger charge is -2.23. The van der Waals surface area contributed by atoms with Gasteiger partial charge in [-0.15, -0.1) is 0 Å². The van der Waals surface area contributed by atoms with Crippen LogP contribution in [0.4, 0.5) is 4.39 Å². The summed E-state index contributed by atoms with van der Waals surface area (Å²) in [5, 5.41) is 20.4. The summed E-state index contributed by atoms with van der Waals surface area (Å²) in [7, 11) is 0. The van der Waals surface area contributed by atoms with E-state index in [0.29, 0.717) is 29.0 Å². The van der Waals surface area contributed by atoms with Crippen molar-refractivity contribution in [3.63, 3.8) is 0 Å². The largest absolute Gasteiger partial charge is 0.339 e. The van der Waals surface area contributed by atoms with E-state index in [0.717, 1.165) is 43.6 Å². The van der Waals surface area contributed by atoms with Crippen molar-refractivity contribution in [3.05, 3.63) is 41.3 Å². The first-order chi connectivity index (χ1) is 15.4. The Balaban J connectivity index is 1.44. The molecule has 0 radical (unpaired) electrons. The second kappa shape index (κ2) is 9.41. The van der Waals surface area contributed by atoms with Gasteiger partial charge in [-0.2, -0.15) is 10.4 Å². The van der Waals surface area contributed by atoms with Gasteiger partial charge in [0.2, 0.25) is 5.91 Å². The van der Waals surface area contributed by atoms with Gasteiger partial charge >= 0.3 is 0 Å². The van der Waals surface area contributed by atoms with Gasteiger partial charge in [0.05, 0.1) is 17.8 Å². The molecule has 1 aliphatic heterocycles. The maximum Gasteiger partial charge on any atom is 0.238 e. The van der Waals surface area contributed by atoms with Crippen molar-refractivity contribution < 1.29 is 9.18 Å². The fraction of sp³-hybridized carbons (Fsp3) is 0.560. The van der Waals surface area contributed by atoms with Crippen molar-refractivity contribution >= 4 is 5.91 Å². The van der Waals surface area contributed by atoms with Crippen molar-refractivity contribution in [1.82, 2.24) is 20.4 Å². The van der Waals surface area contributed by atoms with Crippen molar-refractivity contribution in [1.29, 1.82) is 5.26 Å². The van der Waals surface area contributed by atoms with E-state index in [2.05, 4.69) is 42.6 Å². The molecular formula is C25H32FN5O. The van der Waals surface area contributed by atoms with E-state index in [-0.39, 0.29) is 24.2 Å². The van der Waals surface area contributed by atoms with Crippen molar-refractivity contribution in [3.8, 4) is 17.3 Å². The fourth-order valence-corrected chi connectivity index (χ4v) is 5.02. The third-order valence-corrected chi connectivity index (χ3v) is 6.65. The first-order valence-corrected chi connectivity index (χ1v) is 11.7. The van der Waals surface area contributed by atoms with E-state index in [1.807, 2.05) is 16.8 Å². The number of carbonyl (C=O) groups is 1. The summed E-state index contributed by atoms with van der Waals surface area (Å²) in [5.41, 5.74) is 3.01. The van der Waals surface area contributed by atoms with Gasteiger partial charge in [0.15, 0.2) is 0 Å². The topological polar surface area (TPSA) is 82.7 Å². The van der Waals surface area contributed by atoms with Gasteiger partial charge in [-0.1, -0.05) is 32.9 Å². The lowest BCUT2D eigenvalue weighted by molar-refractivity contribution is -0.124. The number of hydrogen-bond donors (Lipinski definition) is 2. The maximum absolute atomic E-state index is 14.9. The smallest absolute Gasteiger partial charge is 0.238 e. The number of amides is 1. The van der Waals surface area contributed by atoms with Crippen LogP contribution in [0.1, 0.15) is 51.3 Å². The highest BCUT2D eigenvalue weighted by Gasteiger charge is 2.43. The van der Waals surface area contributed by atoms with Gasteiger partial charge in [-0.3, -0.25) is 9.48 Å². The van der Waals surface area contributed by atoms with Crippen LogP contribution in [-0.4, -0.2) is 33.8 Å². The lowest BCUT2D eigenvalue weighted by atomic mass is 9.98. The van der Waals surface area contributed by atoms with E-state index in [9.17, 15) is 14.4 Å². The van der Waals surface area contributed by atoms with Crippen LogP contribution in [0.15, 0.2) is 24.3 Å². The Morgan fingerprint density at radius 3 is 2.78 bits per heavy atom. The number of rotatable bonds is 8. The van der Waals surface area contributed by atoms with E-state index in [1.54, 1.807) is 6.07 Å². The molecule has 32 heavy (non-hydrogen) atoms. The molecule has 2 N–H and O–H groups in total. The van der Waals surface area contributed by atoms with Crippen LogP contribution in [0.3, 0.4) is 0 Å². The first-order valence-electron chi connectivity index (χ1n) is 11.7. The zero-order valence-corrected chi connectivity index (χ0v) is 19.1. The molecule has 2 aliphatic rings. The predicted octanol–water partition coefficient (Wildman–Crippen LogP) is 3.60. The monoisotopic (exact) mass is 437 g/mol. The van der Waals surface area contributed by atoms with Gasteiger partial charge in [-0.05, 0) is 55.2 Å². The van der Waals surface area contributed by atoms with Gasteiger partial charge in [-0.25, -0.2) is 4.39 Å². The Labute approximate surface area is 189 Å². The van der Waals surface area contributed by atoms with Gasteiger partial charge < -0.3 is 10.6 Å². The minimum atomic E-state index is -0.763. The molecule has 1 aliphatic carbocycles. The third kappa shape index (κ3) is 4.71. The Bertz CT molecular complexity index is 1020. The van der Waals surface area contributed by atoms with Gasteiger partial charge in [0, 0.05) is 30.3 Å². The standard InChI is InChI=1S/C25H32FN5O/c1-4-21-12-23(30-31(21)14-15(2)3)17-6-5-16(22(26)11-17)9-20(13-27)29-25(32)24-18-7-8-19(10-18)28-24/h5-6,11-12,15,18-20,24,28H,4,7-10,14H2,1-3H3,(H,29,32)/t18?,19?,20-,24?/m0/s1. The SMILES string of the molecule is CCc1cc(-c2ccc(C[C@@H](C#N)NC(=O)C3NC4CCC3C4)c(F)c2)nn1CC(C)C. The molecule has 2 aromatic rings. The third-order valence-electron chi connectivity index (χ3n) is 6.65. The van der Waals surface area contributed by atoms with E-state index < -0.39 is 6.04 Å². The number of nitriles is 1. The lowest BCUT2D eigenvalue weighted by Crippen LogP contribution is -2.50. The highest BCUT2D eigenvalue weighted by atomic mass is 19.1. The summed E-state index contributed by atoms with van der Waals surface area (Å²) < 4.78 is 16.9. The molecule has 6 nitrogen and oxygen atoms in total.